The maximum absolute atomic E-state index is 13.4. The van der Waals surface area contributed by atoms with Gasteiger partial charge < -0.3 is 15.6 Å². The van der Waals surface area contributed by atoms with Crippen molar-refractivity contribution in [2.75, 3.05) is 13.1 Å². The van der Waals surface area contributed by atoms with Crippen molar-refractivity contribution in [3.05, 3.63) is 46.0 Å². The smallest absolute Gasteiger partial charge is 0.254 e. The topological polar surface area (TPSA) is 79.2 Å². The van der Waals surface area contributed by atoms with E-state index in [2.05, 4.69) is 4.98 Å². The number of rotatable bonds is 1. The van der Waals surface area contributed by atoms with Gasteiger partial charge in [0.2, 0.25) is 5.56 Å². The molecule has 4 rings (SSSR count). The van der Waals surface area contributed by atoms with Crippen molar-refractivity contribution in [3.63, 3.8) is 0 Å². The van der Waals surface area contributed by atoms with Gasteiger partial charge in [-0.2, -0.15) is 0 Å². The first kappa shape index (κ1) is 16.9. The molecule has 2 aromatic rings. The number of aromatic nitrogens is 1. The van der Waals surface area contributed by atoms with Gasteiger partial charge in [0.05, 0.1) is 11.1 Å². The minimum atomic E-state index is -0.445. The van der Waals surface area contributed by atoms with Crippen molar-refractivity contribution < 1.29 is 9.18 Å². The first-order valence-electron chi connectivity index (χ1n) is 7.90. The van der Waals surface area contributed by atoms with Crippen molar-refractivity contribution in [2.24, 2.45) is 17.6 Å². The quantitative estimate of drug-likeness (QED) is 0.823. The molecule has 1 aliphatic heterocycles. The van der Waals surface area contributed by atoms with Crippen molar-refractivity contribution in [1.29, 1.82) is 0 Å². The van der Waals surface area contributed by atoms with E-state index in [0.29, 0.717) is 41.4 Å². The number of H-pyrrole nitrogens is 1. The number of pyridine rings is 1. The monoisotopic (exact) mass is 351 g/mol. The van der Waals surface area contributed by atoms with Crippen LogP contribution in [0.2, 0.25) is 0 Å². The van der Waals surface area contributed by atoms with Gasteiger partial charge in [0.1, 0.15) is 5.82 Å². The van der Waals surface area contributed by atoms with Gasteiger partial charge in [-0.25, -0.2) is 4.39 Å². The van der Waals surface area contributed by atoms with Crippen LogP contribution in [0.1, 0.15) is 23.2 Å². The molecule has 0 spiro atoms. The second kappa shape index (κ2) is 6.18. The molecular formula is C17H19ClFN3O2. The fourth-order valence-corrected chi connectivity index (χ4v) is 4.05. The molecule has 2 aliphatic rings. The zero-order valence-corrected chi connectivity index (χ0v) is 13.8. The highest BCUT2D eigenvalue weighted by atomic mass is 35.5. The summed E-state index contributed by atoms with van der Waals surface area (Å²) in [6.07, 6.45) is 2.07. The van der Waals surface area contributed by atoms with Gasteiger partial charge in [-0.3, -0.25) is 9.59 Å². The molecule has 2 fully saturated rings. The fourth-order valence-electron chi connectivity index (χ4n) is 4.05. The number of benzene rings is 1. The number of fused-ring (bicyclic) bond motifs is 2. The van der Waals surface area contributed by atoms with E-state index < -0.39 is 11.4 Å². The summed E-state index contributed by atoms with van der Waals surface area (Å²) in [6.45, 7) is 1.33. The number of nitrogens with one attached hydrogen (secondary N) is 1. The van der Waals surface area contributed by atoms with Gasteiger partial charge in [-0.15, -0.1) is 12.4 Å². The number of hydrogen-bond donors (Lipinski definition) is 2. The molecule has 1 aromatic carbocycles. The number of hydrogen-bond acceptors (Lipinski definition) is 3. The fraction of sp³-hybridized carbons (Fsp3) is 0.412. The Kier molecular flexibility index (Phi) is 4.36. The van der Waals surface area contributed by atoms with Gasteiger partial charge in [-0.05, 0) is 42.9 Å². The van der Waals surface area contributed by atoms with E-state index in [1.807, 2.05) is 0 Å². The minimum Gasteiger partial charge on any atom is -0.338 e. The number of likely N-dealkylation sites (tertiary alicyclic amines) is 1. The minimum absolute atomic E-state index is 0. The number of aromatic amines is 1. The Morgan fingerprint density at radius 2 is 2.04 bits per heavy atom. The third-order valence-electron chi connectivity index (χ3n) is 5.24. The van der Waals surface area contributed by atoms with Crippen molar-refractivity contribution >= 4 is 29.2 Å². The Bertz CT molecular complexity index is 853. The molecular weight excluding hydrogens is 333 g/mol. The summed E-state index contributed by atoms with van der Waals surface area (Å²) in [7, 11) is 0. The van der Waals surface area contributed by atoms with E-state index in [0.717, 1.165) is 12.8 Å². The molecule has 1 saturated carbocycles. The summed E-state index contributed by atoms with van der Waals surface area (Å²) in [4.78, 5) is 29.0. The molecule has 2 heterocycles. The lowest BCUT2D eigenvalue weighted by molar-refractivity contribution is 0.0781. The number of nitrogens with two attached hydrogens (primary N) is 1. The molecule has 0 bridgehead atoms. The zero-order chi connectivity index (χ0) is 16.1. The van der Waals surface area contributed by atoms with Crippen LogP contribution in [0.25, 0.3) is 10.9 Å². The molecule has 0 radical (unpaired) electrons. The summed E-state index contributed by atoms with van der Waals surface area (Å²) >= 11 is 0. The molecule has 3 N–H and O–H groups in total. The number of carbonyl (C=O) groups excluding carboxylic acids is 1. The average Bonchev–Trinajstić information content (AvgIpc) is 3.08. The third kappa shape index (κ3) is 2.70. The second-order valence-electron chi connectivity index (χ2n) is 6.61. The van der Waals surface area contributed by atoms with Crippen LogP contribution in [0.5, 0.6) is 0 Å². The molecule has 7 heteroatoms. The van der Waals surface area contributed by atoms with Crippen LogP contribution in [0.3, 0.4) is 0 Å². The highest BCUT2D eigenvalue weighted by Crippen LogP contribution is 2.37. The molecule has 1 aromatic heterocycles. The standard InChI is InChI=1S/C17H18FN3O2.ClH/c18-10-2-3-11-12(6-16(22)20-15(11)5-10)17(23)21-7-9-1-4-14(19)13(9)8-21;/h2-3,5-6,9,13-14H,1,4,7-8,19H2,(H,20,22);1H. The van der Waals surface area contributed by atoms with Crippen LogP contribution >= 0.6 is 12.4 Å². The maximum atomic E-state index is 13.4. The molecule has 1 aliphatic carbocycles. The first-order chi connectivity index (χ1) is 11.0. The van der Waals surface area contributed by atoms with Crippen LogP contribution in [0.15, 0.2) is 29.1 Å². The van der Waals surface area contributed by atoms with Crippen molar-refractivity contribution in [1.82, 2.24) is 9.88 Å². The van der Waals surface area contributed by atoms with Gasteiger partial charge in [-0.1, -0.05) is 0 Å². The van der Waals surface area contributed by atoms with E-state index in [9.17, 15) is 14.0 Å². The van der Waals surface area contributed by atoms with Crippen LogP contribution in [0, 0.1) is 17.7 Å². The molecule has 24 heavy (non-hydrogen) atoms. The SMILES string of the molecule is Cl.NC1CCC2CN(C(=O)c3cc(=O)[nH]c4cc(F)ccc34)CC12. The third-order valence-corrected chi connectivity index (χ3v) is 5.24. The molecule has 128 valence electrons. The van der Waals surface area contributed by atoms with E-state index >= 15 is 0 Å². The lowest BCUT2D eigenvalue weighted by Crippen LogP contribution is -2.34. The first-order valence-corrected chi connectivity index (χ1v) is 7.90. The Morgan fingerprint density at radius 3 is 2.79 bits per heavy atom. The van der Waals surface area contributed by atoms with Gasteiger partial charge in [0.15, 0.2) is 0 Å². The molecule has 5 nitrogen and oxygen atoms in total. The lowest BCUT2D eigenvalue weighted by Gasteiger charge is -2.19. The lowest BCUT2D eigenvalue weighted by atomic mass is 9.98. The van der Waals surface area contributed by atoms with Crippen molar-refractivity contribution in [2.45, 2.75) is 18.9 Å². The second-order valence-corrected chi connectivity index (χ2v) is 6.61. The van der Waals surface area contributed by atoms with E-state index in [1.165, 1.54) is 24.3 Å². The Hall–Kier alpha value is -1.92. The highest BCUT2D eigenvalue weighted by Gasteiger charge is 2.42. The summed E-state index contributed by atoms with van der Waals surface area (Å²) in [6, 6.07) is 5.53. The Morgan fingerprint density at radius 1 is 1.25 bits per heavy atom. The van der Waals surface area contributed by atoms with Crippen LogP contribution in [0.4, 0.5) is 4.39 Å². The van der Waals surface area contributed by atoms with Gasteiger partial charge in [0, 0.05) is 30.6 Å². The molecule has 3 atom stereocenters. The maximum Gasteiger partial charge on any atom is 0.254 e. The number of carbonyl (C=O) groups is 1. The van der Waals surface area contributed by atoms with Crippen LogP contribution < -0.4 is 11.3 Å². The van der Waals surface area contributed by atoms with E-state index in [4.69, 9.17) is 5.73 Å². The Balaban J connectivity index is 0.00000169. The van der Waals surface area contributed by atoms with Crippen molar-refractivity contribution in [3.8, 4) is 0 Å². The average molecular weight is 352 g/mol. The van der Waals surface area contributed by atoms with Crippen LogP contribution in [-0.4, -0.2) is 34.9 Å². The molecule has 1 amide bonds. The summed E-state index contributed by atoms with van der Waals surface area (Å²) in [5.74, 6) is 0.193. The zero-order valence-electron chi connectivity index (χ0n) is 13.0. The van der Waals surface area contributed by atoms with Gasteiger partial charge in [0.25, 0.3) is 5.91 Å². The summed E-state index contributed by atoms with van der Waals surface area (Å²) in [5, 5.41) is 0.567. The van der Waals surface area contributed by atoms with E-state index in [1.54, 1.807) is 4.90 Å². The normalized spacial score (nSPS) is 25.6. The molecule has 1 saturated heterocycles. The Labute approximate surface area is 144 Å². The predicted molar refractivity (Wildman–Crippen MR) is 91.9 cm³/mol. The van der Waals surface area contributed by atoms with Crippen LogP contribution in [-0.2, 0) is 0 Å². The predicted octanol–water partition coefficient (Wildman–Crippen LogP) is 1.90. The number of amides is 1. The molecule has 3 unspecified atom stereocenters. The summed E-state index contributed by atoms with van der Waals surface area (Å²) in [5.41, 5.74) is 6.39. The number of nitrogens with zero attached hydrogens (tertiary/aromatic N) is 1. The largest absolute Gasteiger partial charge is 0.338 e. The van der Waals surface area contributed by atoms with Gasteiger partial charge >= 0.3 is 0 Å². The van der Waals surface area contributed by atoms with E-state index in [-0.39, 0.29) is 24.4 Å². The summed E-state index contributed by atoms with van der Waals surface area (Å²) < 4.78 is 13.4. The highest BCUT2D eigenvalue weighted by molar-refractivity contribution is 6.06. The number of halogens is 2.